The van der Waals surface area contributed by atoms with E-state index in [4.69, 9.17) is 5.11 Å². The third kappa shape index (κ3) is 4.73. The second kappa shape index (κ2) is 9.50. The molecule has 222 valence electrons. The van der Waals surface area contributed by atoms with Crippen LogP contribution in [0.25, 0.3) is 0 Å². The first-order valence-corrected chi connectivity index (χ1v) is 9.29. The first-order chi connectivity index (χ1) is 16.5. The van der Waals surface area contributed by atoms with Gasteiger partial charge >= 0.3 is 53.6 Å². The maximum absolute atomic E-state index is 13.9. The van der Waals surface area contributed by atoms with Gasteiger partial charge in [0.2, 0.25) is 0 Å². The zero-order chi connectivity index (χ0) is 30.6. The Hall–Kier alpha value is -2.15. The largest absolute Gasteiger partial charge is 0.460 e. The minimum absolute atomic E-state index is 0.0908. The Balaban J connectivity index is 3.51. The van der Waals surface area contributed by atoms with Crippen molar-refractivity contribution in [1.82, 2.24) is 0 Å². The molecule has 20 heteroatoms. The lowest BCUT2D eigenvalue weighted by Gasteiger charge is -2.43. The van der Waals surface area contributed by atoms with Crippen molar-refractivity contribution in [2.24, 2.45) is 0 Å². The second-order valence-electron chi connectivity index (χ2n) is 7.70. The molecule has 0 amide bonds. The van der Waals surface area contributed by atoms with Gasteiger partial charge in [0, 0.05) is 6.42 Å². The van der Waals surface area contributed by atoms with Gasteiger partial charge in [-0.05, 0) is 17.5 Å². The molecule has 0 unspecified atom stereocenters. The van der Waals surface area contributed by atoms with E-state index in [1.54, 1.807) is 0 Å². The zero-order valence-corrected chi connectivity index (χ0v) is 17.6. The number of aliphatic hydroxyl groups is 1. The van der Waals surface area contributed by atoms with Gasteiger partial charge in [-0.25, -0.2) is 0 Å². The van der Waals surface area contributed by atoms with Crippen LogP contribution in [0.15, 0.2) is 24.3 Å². The van der Waals surface area contributed by atoms with E-state index in [-0.39, 0.29) is 5.56 Å². The maximum Gasteiger partial charge on any atom is 0.460 e. The summed E-state index contributed by atoms with van der Waals surface area (Å²) in [5, 5.41) is 8.79. The molecule has 0 aliphatic carbocycles. The molecule has 1 nitrogen and oxygen atoms in total. The van der Waals surface area contributed by atoms with Crippen LogP contribution in [0.3, 0.4) is 0 Å². The van der Waals surface area contributed by atoms with E-state index in [1.807, 2.05) is 0 Å². The molecule has 0 heterocycles. The quantitative estimate of drug-likeness (QED) is 0.256. The van der Waals surface area contributed by atoms with Gasteiger partial charge < -0.3 is 5.11 Å². The molecule has 1 aromatic carbocycles. The van der Waals surface area contributed by atoms with Crippen LogP contribution in [-0.2, 0) is 13.0 Å². The Kier molecular flexibility index (Phi) is 8.47. The monoisotopic (exact) mass is 604 g/mol. The third-order valence-electron chi connectivity index (χ3n) is 5.11. The number of hydrogen-bond donors (Lipinski definition) is 1. The van der Waals surface area contributed by atoms with Crippen molar-refractivity contribution < 1.29 is 88.5 Å². The molecule has 0 spiro atoms. The van der Waals surface area contributed by atoms with E-state index in [2.05, 4.69) is 0 Å². The number of rotatable bonds is 11. The number of aliphatic hydroxyl groups excluding tert-OH is 1. The highest BCUT2D eigenvalue weighted by Crippen LogP contribution is 2.65. The summed E-state index contributed by atoms with van der Waals surface area (Å²) in [6, 6.07) is 3.55. The fourth-order valence-electron chi connectivity index (χ4n) is 2.66. The molecule has 0 saturated heterocycles. The number of aryl methyl sites for hydroxylation is 1. The van der Waals surface area contributed by atoms with Gasteiger partial charge in [0.25, 0.3) is 0 Å². The van der Waals surface area contributed by atoms with Crippen LogP contribution in [0.2, 0.25) is 0 Å². The highest BCUT2D eigenvalue weighted by molar-refractivity contribution is 5.23. The molecule has 0 aliphatic heterocycles. The number of hydrogen-bond acceptors (Lipinski definition) is 1. The predicted octanol–water partition coefficient (Wildman–Crippen LogP) is 7.76. The first kappa shape index (κ1) is 33.9. The van der Waals surface area contributed by atoms with E-state index in [0.29, 0.717) is 0 Å². The van der Waals surface area contributed by atoms with Crippen molar-refractivity contribution in [3.05, 3.63) is 35.4 Å². The van der Waals surface area contributed by atoms with E-state index in [9.17, 15) is 83.4 Å². The lowest BCUT2D eigenvalue weighted by molar-refractivity contribution is -0.468. The van der Waals surface area contributed by atoms with Gasteiger partial charge in [-0.2, -0.15) is 83.4 Å². The fourth-order valence-corrected chi connectivity index (χ4v) is 2.66. The Morgan fingerprint density at radius 3 is 1.03 bits per heavy atom. The highest BCUT2D eigenvalue weighted by Gasteiger charge is 2.96. The Bertz CT molecular complexity index is 961. The average molecular weight is 604 g/mol. The van der Waals surface area contributed by atoms with Gasteiger partial charge in [-0.15, -0.1) is 0 Å². The fraction of sp³-hybridized carbons (Fsp3) is 0.667. The second-order valence-corrected chi connectivity index (χ2v) is 7.70. The van der Waals surface area contributed by atoms with Crippen molar-refractivity contribution in [1.29, 1.82) is 0 Å². The number of benzene rings is 1. The molecule has 0 saturated carbocycles. The molecular weight excluding hydrogens is 593 g/mol. The summed E-state index contributed by atoms with van der Waals surface area (Å²) in [5.41, 5.74) is -0.355. The molecule has 1 aromatic rings. The molecule has 0 radical (unpaired) electrons. The minimum Gasteiger partial charge on any atom is -0.392 e. The van der Waals surface area contributed by atoms with Crippen LogP contribution in [0.1, 0.15) is 17.5 Å². The van der Waals surface area contributed by atoms with Crippen molar-refractivity contribution in [2.75, 3.05) is 0 Å². The van der Waals surface area contributed by atoms with Gasteiger partial charge in [-0.3, -0.25) is 0 Å². The van der Waals surface area contributed by atoms with Gasteiger partial charge in [0.05, 0.1) is 6.61 Å². The molecule has 0 aromatic heterocycles. The van der Waals surface area contributed by atoms with Crippen molar-refractivity contribution in [2.45, 2.75) is 73.0 Å². The predicted molar refractivity (Wildman–Crippen MR) is 86.3 cm³/mol. The molecule has 38 heavy (non-hydrogen) atoms. The lowest BCUT2D eigenvalue weighted by Crippen LogP contribution is -2.75. The summed E-state index contributed by atoms with van der Waals surface area (Å²) in [4.78, 5) is 0. The summed E-state index contributed by atoms with van der Waals surface area (Å²) >= 11 is 0. The molecule has 0 fully saturated rings. The number of alkyl halides is 19. The van der Waals surface area contributed by atoms with E-state index < -0.39 is 78.6 Å². The van der Waals surface area contributed by atoms with Gasteiger partial charge in [0.15, 0.2) is 0 Å². The van der Waals surface area contributed by atoms with Crippen molar-refractivity contribution in [3.8, 4) is 0 Å². The number of halogens is 19. The molecule has 0 atom stereocenters. The van der Waals surface area contributed by atoms with Gasteiger partial charge in [-0.1, -0.05) is 24.3 Å². The molecular formula is C18H11F19O. The summed E-state index contributed by atoms with van der Waals surface area (Å²) in [6.45, 7) is -0.636. The van der Waals surface area contributed by atoms with E-state index in [0.717, 1.165) is 24.3 Å². The normalized spacial score (nSPS) is 15.7. The van der Waals surface area contributed by atoms with Crippen LogP contribution >= 0.6 is 0 Å². The highest BCUT2D eigenvalue weighted by atomic mass is 19.4. The van der Waals surface area contributed by atoms with E-state index >= 15 is 0 Å². The maximum atomic E-state index is 13.9. The van der Waals surface area contributed by atoms with Crippen LogP contribution in [-0.4, -0.2) is 58.7 Å². The van der Waals surface area contributed by atoms with Crippen molar-refractivity contribution in [3.63, 3.8) is 0 Å². The summed E-state index contributed by atoms with van der Waals surface area (Å²) in [6.07, 6.45) is -12.0. The Morgan fingerprint density at radius 1 is 0.421 bits per heavy atom. The first-order valence-electron chi connectivity index (χ1n) is 9.29. The summed E-state index contributed by atoms with van der Waals surface area (Å²) in [7, 11) is 0. The molecule has 1 rings (SSSR count). The lowest BCUT2D eigenvalue weighted by atomic mass is 9.86. The summed E-state index contributed by atoms with van der Waals surface area (Å²) < 4.78 is 252. The van der Waals surface area contributed by atoms with Crippen LogP contribution < -0.4 is 0 Å². The standard InChI is InChI=1S/C18H11F19O/c19-10(20,6-5-8-1-3-9(7-38)4-2-8)11(21,22)12(23,24)13(25,26)14(27,28)15(29,30)16(31,32)17(33,34)18(35,36)37/h1-4,38H,5-7H2. The zero-order valence-electron chi connectivity index (χ0n) is 17.6. The summed E-state index contributed by atoms with van der Waals surface area (Å²) in [5.74, 6) is -66.4. The van der Waals surface area contributed by atoms with Crippen LogP contribution in [0.5, 0.6) is 0 Å². The Morgan fingerprint density at radius 2 is 0.711 bits per heavy atom. The van der Waals surface area contributed by atoms with E-state index in [1.165, 1.54) is 0 Å². The minimum atomic E-state index is -8.92. The molecule has 0 aliphatic rings. The molecule has 1 N–H and O–H groups in total. The van der Waals surface area contributed by atoms with Crippen LogP contribution in [0.4, 0.5) is 83.4 Å². The average Bonchev–Trinajstić information content (AvgIpc) is 2.76. The third-order valence-corrected chi connectivity index (χ3v) is 5.11. The SMILES string of the molecule is OCc1ccc(CCC(F)(F)C(F)(F)C(F)(F)C(F)(F)C(F)(F)C(F)(F)C(F)(F)C(F)(F)C(F)(F)F)cc1. The van der Waals surface area contributed by atoms with Crippen LogP contribution in [0, 0.1) is 0 Å². The molecule has 0 bridgehead atoms. The smallest absolute Gasteiger partial charge is 0.392 e. The topological polar surface area (TPSA) is 20.2 Å². The van der Waals surface area contributed by atoms with Gasteiger partial charge in [0.1, 0.15) is 0 Å². The Labute approximate surface area is 198 Å². The van der Waals surface area contributed by atoms with Crippen molar-refractivity contribution >= 4 is 0 Å².